The molecule has 9 heteroatoms. The summed E-state index contributed by atoms with van der Waals surface area (Å²) < 4.78 is 5.69. The summed E-state index contributed by atoms with van der Waals surface area (Å²) in [6, 6.07) is 31.1. The first-order chi connectivity index (χ1) is 22.4. The molecule has 4 N–H and O–H groups in total. The number of ether oxygens (including phenoxy) is 1. The summed E-state index contributed by atoms with van der Waals surface area (Å²) in [5.74, 6) is -0.204. The van der Waals surface area contributed by atoms with Crippen molar-refractivity contribution >= 4 is 57.8 Å². The van der Waals surface area contributed by atoms with Gasteiger partial charge in [0, 0.05) is 44.5 Å². The number of aromatic nitrogens is 1. The number of unbranched alkanes of at least 4 members (excludes halogenated alkanes) is 1. The van der Waals surface area contributed by atoms with Crippen LogP contribution in [0, 0.1) is 0 Å². The minimum absolute atomic E-state index is 0.0999. The van der Waals surface area contributed by atoms with Gasteiger partial charge in [-0.05, 0) is 86.2 Å². The normalized spacial score (nSPS) is 11.9. The van der Waals surface area contributed by atoms with E-state index in [9.17, 15) is 14.4 Å². The summed E-state index contributed by atoms with van der Waals surface area (Å²) in [7, 11) is 0. The third-order valence-corrected chi connectivity index (χ3v) is 8.24. The van der Waals surface area contributed by atoms with Crippen molar-refractivity contribution in [3.63, 3.8) is 0 Å². The number of benzene rings is 4. The highest BCUT2D eigenvalue weighted by molar-refractivity contribution is 8.00. The van der Waals surface area contributed by atoms with E-state index in [1.54, 1.807) is 48.7 Å². The van der Waals surface area contributed by atoms with Gasteiger partial charge in [0.05, 0.1) is 11.9 Å². The maximum absolute atomic E-state index is 13.5. The molecule has 0 saturated heterocycles. The van der Waals surface area contributed by atoms with Gasteiger partial charge in [0.1, 0.15) is 11.4 Å². The van der Waals surface area contributed by atoms with Gasteiger partial charge in [-0.2, -0.15) is 0 Å². The van der Waals surface area contributed by atoms with Crippen molar-refractivity contribution in [1.82, 2.24) is 10.3 Å². The molecule has 0 radical (unpaired) electrons. The van der Waals surface area contributed by atoms with Crippen molar-refractivity contribution in [3.8, 4) is 5.75 Å². The fourth-order valence-electron chi connectivity index (χ4n) is 4.60. The van der Waals surface area contributed by atoms with Crippen molar-refractivity contribution in [2.24, 2.45) is 0 Å². The second-order valence-corrected chi connectivity index (χ2v) is 12.0. The Kier molecular flexibility index (Phi) is 10.9. The van der Waals surface area contributed by atoms with E-state index in [2.05, 4.69) is 27.9 Å². The van der Waals surface area contributed by atoms with E-state index in [1.165, 1.54) is 11.8 Å². The molecule has 0 saturated carbocycles. The van der Waals surface area contributed by atoms with Gasteiger partial charge in [-0.1, -0.05) is 49.7 Å². The van der Waals surface area contributed by atoms with E-state index in [0.29, 0.717) is 23.5 Å². The minimum Gasteiger partial charge on any atom is -0.494 e. The molecule has 0 aliphatic rings. The molecule has 0 aliphatic carbocycles. The first-order valence-electron chi connectivity index (χ1n) is 15.2. The average Bonchev–Trinajstić information content (AvgIpc) is 3.49. The molecule has 1 atom stereocenters. The Hall–Kier alpha value is -5.28. The number of rotatable bonds is 13. The van der Waals surface area contributed by atoms with Crippen LogP contribution in [0.1, 0.15) is 42.6 Å². The number of carbonyl (C=O) groups excluding carboxylic acids is 3. The molecule has 0 spiro atoms. The number of H-pyrrole nitrogens is 1. The van der Waals surface area contributed by atoms with Crippen LogP contribution < -0.4 is 20.7 Å². The van der Waals surface area contributed by atoms with Gasteiger partial charge in [0.2, 0.25) is 5.91 Å². The van der Waals surface area contributed by atoms with Crippen molar-refractivity contribution in [2.45, 2.75) is 36.8 Å². The number of hydrogen-bond donors (Lipinski definition) is 4. The molecule has 1 aromatic heterocycles. The van der Waals surface area contributed by atoms with Crippen LogP contribution in [-0.4, -0.2) is 34.6 Å². The summed E-state index contributed by atoms with van der Waals surface area (Å²) in [4.78, 5) is 43.4. The van der Waals surface area contributed by atoms with E-state index >= 15 is 0 Å². The Morgan fingerprint density at radius 3 is 2.26 bits per heavy atom. The lowest BCUT2D eigenvalue weighted by Crippen LogP contribution is -2.30. The van der Waals surface area contributed by atoms with Gasteiger partial charge in [0.15, 0.2) is 0 Å². The zero-order chi connectivity index (χ0) is 32.3. The number of thioether (sulfide) groups is 1. The summed E-state index contributed by atoms with van der Waals surface area (Å²) >= 11 is 1.41. The van der Waals surface area contributed by atoms with Crippen molar-refractivity contribution < 1.29 is 19.1 Å². The summed E-state index contributed by atoms with van der Waals surface area (Å²) in [6.07, 6.45) is 5.53. The molecule has 4 aromatic carbocycles. The van der Waals surface area contributed by atoms with Crippen molar-refractivity contribution in [3.05, 3.63) is 126 Å². The second-order valence-electron chi connectivity index (χ2n) is 10.6. The van der Waals surface area contributed by atoms with E-state index in [0.717, 1.165) is 40.0 Å². The van der Waals surface area contributed by atoms with Crippen LogP contribution in [0.15, 0.2) is 120 Å². The fourth-order valence-corrected chi connectivity index (χ4v) is 5.46. The summed E-state index contributed by atoms with van der Waals surface area (Å²) in [5, 5.41) is 9.18. The topological polar surface area (TPSA) is 112 Å². The molecule has 0 fully saturated rings. The maximum Gasteiger partial charge on any atom is 0.272 e. The maximum atomic E-state index is 13.5. The Balaban J connectivity index is 1.22. The highest BCUT2D eigenvalue weighted by Crippen LogP contribution is 2.27. The lowest BCUT2D eigenvalue weighted by atomic mass is 10.1. The molecule has 0 unspecified atom stereocenters. The van der Waals surface area contributed by atoms with Gasteiger partial charge >= 0.3 is 0 Å². The Morgan fingerprint density at radius 1 is 0.848 bits per heavy atom. The van der Waals surface area contributed by atoms with E-state index < -0.39 is 11.8 Å². The lowest BCUT2D eigenvalue weighted by molar-refractivity contribution is -0.115. The number of amides is 3. The van der Waals surface area contributed by atoms with E-state index in [-0.39, 0.29) is 16.9 Å². The monoisotopic (exact) mass is 632 g/mol. The number of hydrogen-bond acceptors (Lipinski definition) is 5. The molecule has 8 nitrogen and oxygen atoms in total. The molecule has 5 rings (SSSR count). The second kappa shape index (κ2) is 15.6. The SMILES string of the molecule is CCCCOc1ccc(NC(=O)[C@@H](C)Sc2ccc(NC(=O)/C(=C\c3c[nH]c4ccccc34)NC(=O)c3ccccc3)cc2)cc1. The Labute approximate surface area is 272 Å². The molecule has 0 bridgehead atoms. The zero-order valence-electron chi connectivity index (χ0n) is 25.7. The number of para-hydroxylation sites is 1. The number of anilines is 2. The van der Waals surface area contributed by atoms with Crippen LogP contribution >= 0.6 is 11.8 Å². The largest absolute Gasteiger partial charge is 0.494 e. The zero-order valence-corrected chi connectivity index (χ0v) is 26.5. The molecule has 234 valence electrons. The standard InChI is InChI=1S/C37H36N4O4S/c1-3-4-22-45-30-18-14-28(15-19-30)39-35(42)25(2)46-31-20-16-29(17-21-31)40-37(44)34(41-36(43)26-10-6-5-7-11-26)23-27-24-38-33-13-9-8-12-32(27)33/h5-21,23-25,38H,3-4,22H2,1-2H3,(H,39,42)(H,40,44)(H,41,43)/b34-23+/t25-/m1/s1. The van der Waals surface area contributed by atoms with Crippen LogP contribution in [-0.2, 0) is 9.59 Å². The molecule has 0 aliphatic heterocycles. The van der Waals surface area contributed by atoms with Crippen molar-refractivity contribution in [1.29, 1.82) is 0 Å². The molecule has 1 heterocycles. The van der Waals surface area contributed by atoms with E-state index in [4.69, 9.17) is 4.74 Å². The first-order valence-corrected chi connectivity index (χ1v) is 16.0. The third-order valence-electron chi connectivity index (χ3n) is 7.13. The van der Waals surface area contributed by atoms with Crippen LogP contribution in [0.3, 0.4) is 0 Å². The highest BCUT2D eigenvalue weighted by atomic mass is 32.2. The molecule has 46 heavy (non-hydrogen) atoms. The average molecular weight is 633 g/mol. The van der Waals surface area contributed by atoms with Crippen LogP contribution in [0.2, 0.25) is 0 Å². The number of nitrogens with one attached hydrogen (secondary N) is 4. The van der Waals surface area contributed by atoms with Gasteiger partial charge < -0.3 is 25.7 Å². The Bertz CT molecular complexity index is 1820. The number of fused-ring (bicyclic) bond motifs is 1. The van der Waals surface area contributed by atoms with E-state index in [1.807, 2.05) is 73.7 Å². The first kappa shape index (κ1) is 32.1. The predicted molar refractivity (Wildman–Crippen MR) is 186 cm³/mol. The lowest BCUT2D eigenvalue weighted by Gasteiger charge is -2.14. The highest BCUT2D eigenvalue weighted by Gasteiger charge is 2.18. The fraction of sp³-hybridized carbons (Fsp3) is 0.162. The Morgan fingerprint density at radius 2 is 1.52 bits per heavy atom. The summed E-state index contributed by atoms with van der Waals surface area (Å²) in [6.45, 7) is 4.63. The smallest absolute Gasteiger partial charge is 0.272 e. The quantitative estimate of drug-likeness (QED) is 0.0600. The third kappa shape index (κ3) is 8.67. The predicted octanol–water partition coefficient (Wildman–Crippen LogP) is 7.88. The van der Waals surface area contributed by atoms with Crippen LogP contribution in [0.4, 0.5) is 11.4 Å². The van der Waals surface area contributed by atoms with Gasteiger partial charge in [-0.25, -0.2) is 0 Å². The molecular formula is C37H36N4O4S. The molecule has 3 amide bonds. The van der Waals surface area contributed by atoms with Crippen LogP contribution in [0.25, 0.3) is 17.0 Å². The van der Waals surface area contributed by atoms with Crippen LogP contribution in [0.5, 0.6) is 5.75 Å². The molecule has 5 aromatic rings. The van der Waals surface area contributed by atoms with Gasteiger partial charge in [-0.15, -0.1) is 11.8 Å². The van der Waals surface area contributed by atoms with Gasteiger partial charge in [0.25, 0.3) is 11.8 Å². The minimum atomic E-state index is -0.468. The number of aromatic amines is 1. The van der Waals surface area contributed by atoms with Gasteiger partial charge in [-0.3, -0.25) is 14.4 Å². The van der Waals surface area contributed by atoms with Crippen molar-refractivity contribution in [2.75, 3.05) is 17.2 Å². The number of carbonyl (C=O) groups is 3. The molecular weight excluding hydrogens is 596 g/mol. The summed E-state index contributed by atoms with van der Waals surface area (Å²) in [5.41, 5.74) is 3.48.